The van der Waals surface area contributed by atoms with Crippen molar-refractivity contribution in [3.8, 4) is 23.0 Å². The van der Waals surface area contributed by atoms with E-state index in [0.717, 1.165) is 47.8 Å². The molecule has 0 atom stereocenters. The number of halogens is 1. The Bertz CT molecular complexity index is 1260. The van der Waals surface area contributed by atoms with E-state index in [1.165, 1.54) is 12.8 Å². The van der Waals surface area contributed by atoms with Crippen molar-refractivity contribution in [2.45, 2.75) is 32.6 Å². The van der Waals surface area contributed by atoms with E-state index in [1.807, 2.05) is 53.4 Å². The summed E-state index contributed by atoms with van der Waals surface area (Å²) < 4.78 is 23.1. The zero-order valence-corrected chi connectivity index (χ0v) is 22.6. The number of nitrogens with zero attached hydrogens (tertiary/aromatic N) is 2. The summed E-state index contributed by atoms with van der Waals surface area (Å²) in [6, 6.07) is 17.1. The molecule has 0 N–H and O–H groups in total. The van der Waals surface area contributed by atoms with Gasteiger partial charge in [0.15, 0.2) is 11.5 Å². The molecule has 7 nitrogen and oxygen atoms in total. The highest BCUT2D eigenvalue weighted by Crippen LogP contribution is 2.43. The van der Waals surface area contributed by atoms with Crippen molar-refractivity contribution < 1.29 is 23.7 Å². The van der Waals surface area contributed by atoms with Gasteiger partial charge in [0, 0.05) is 24.7 Å². The molecule has 2 aliphatic rings. The third kappa shape index (κ3) is 5.84. The van der Waals surface area contributed by atoms with E-state index in [2.05, 4.69) is 4.90 Å². The molecular weight excluding hydrogens is 504 g/mol. The number of amides is 1. The topological polar surface area (TPSA) is 60.5 Å². The molecule has 2 aliphatic heterocycles. The Balaban J connectivity index is 1.39. The Hall–Kier alpha value is -3.42. The first kappa shape index (κ1) is 26.2. The van der Waals surface area contributed by atoms with E-state index in [-0.39, 0.29) is 5.91 Å². The molecule has 0 radical (unpaired) electrons. The van der Waals surface area contributed by atoms with Crippen LogP contribution in [0.25, 0.3) is 0 Å². The average molecular weight is 537 g/mol. The van der Waals surface area contributed by atoms with Gasteiger partial charge in [0.2, 0.25) is 0 Å². The van der Waals surface area contributed by atoms with Crippen molar-refractivity contribution >= 4 is 17.5 Å². The van der Waals surface area contributed by atoms with E-state index >= 15 is 0 Å². The van der Waals surface area contributed by atoms with Crippen LogP contribution in [0, 0.1) is 0 Å². The van der Waals surface area contributed by atoms with Gasteiger partial charge in [-0.25, -0.2) is 0 Å². The fourth-order valence-electron chi connectivity index (χ4n) is 4.94. The number of rotatable bonds is 11. The molecule has 0 spiro atoms. The van der Waals surface area contributed by atoms with Crippen LogP contribution < -0.4 is 18.9 Å². The molecule has 3 aromatic rings. The number of carbonyl (C=O) groups excluding carboxylic acids is 1. The van der Waals surface area contributed by atoms with Crippen LogP contribution in [-0.2, 0) is 19.8 Å². The standard InChI is InChI=1S/C30H33ClN2O5/c1-35-23-9-5-21(6-10-23)19-37-27-17-26(31)28-25(18-33(30(28)34)16-15-32-13-3-4-14-32)29(27)38-20-22-7-11-24(36-2)12-8-22/h5-12,17H,3-4,13-16,18-20H2,1-2H3. The van der Waals surface area contributed by atoms with Crippen LogP contribution in [0.3, 0.4) is 0 Å². The molecule has 1 fully saturated rings. The minimum Gasteiger partial charge on any atom is -0.497 e. The molecule has 5 rings (SSSR count). The van der Waals surface area contributed by atoms with Crippen molar-refractivity contribution in [2.75, 3.05) is 40.4 Å². The Morgan fingerprint density at radius 3 is 1.97 bits per heavy atom. The van der Waals surface area contributed by atoms with Crippen LogP contribution in [-0.4, -0.2) is 56.1 Å². The molecular formula is C30H33ClN2O5. The predicted molar refractivity (Wildman–Crippen MR) is 147 cm³/mol. The van der Waals surface area contributed by atoms with Gasteiger partial charge in [-0.1, -0.05) is 35.9 Å². The summed E-state index contributed by atoms with van der Waals surface area (Å²) in [7, 11) is 3.28. The lowest BCUT2D eigenvalue weighted by atomic mass is 10.1. The third-order valence-electron chi connectivity index (χ3n) is 7.13. The second-order valence-corrected chi connectivity index (χ2v) is 10.00. The van der Waals surface area contributed by atoms with Gasteiger partial charge in [0.1, 0.15) is 24.7 Å². The smallest absolute Gasteiger partial charge is 0.256 e. The minimum absolute atomic E-state index is 0.0554. The van der Waals surface area contributed by atoms with E-state index in [1.54, 1.807) is 20.3 Å². The Kier molecular flexibility index (Phi) is 8.25. The number of likely N-dealkylation sites (tertiary alicyclic amines) is 1. The Morgan fingerprint density at radius 2 is 1.39 bits per heavy atom. The second kappa shape index (κ2) is 12.0. The average Bonchev–Trinajstić information content (AvgIpc) is 3.59. The number of benzene rings is 3. The molecule has 200 valence electrons. The first-order valence-electron chi connectivity index (χ1n) is 12.9. The second-order valence-electron chi connectivity index (χ2n) is 9.59. The van der Waals surface area contributed by atoms with E-state index in [0.29, 0.717) is 48.4 Å². The highest BCUT2D eigenvalue weighted by molar-refractivity contribution is 6.34. The van der Waals surface area contributed by atoms with Crippen LogP contribution >= 0.6 is 11.6 Å². The molecule has 8 heteroatoms. The number of carbonyl (C=O) groups is 1. The molecule has 2 heterocycles. The summed E-state index contributed by atoms with van der Waals surface area (Å²) in [4.78, 5) is 17.6. The number of hydrogen-bond acceptors (Lipinski definition) is 6. The van der Waals surface area contributed by atoms with E-state index in [4.69, 9.17) is 30.5 Å². The predicted octanol–water partition coefficient (Wildman–Crippen LogP) is 5.57. The normalized spacial score (nSPS) is 15.0. The molecule has 1 amide bonds. The van der Waals surface area contributed by atoms with Crippen LogP contribution in [0.15, 0.2) is 54.6 Å². The van der Waals surface area contributed by atoms with Crippen molar-refractivity contribution in [3.63, 3.8) is 0 Å². The summed E-state index contributed by atoms with van der Waals surface area (Å²) in [5, 5.41) is 0.384. The molecule has 38 heavy (non-hydrogen) atoms. The maximum Gasteiger partial charge on any atom is 0.256 e. The van der Waals surface area contributed by atoms with Gasteiger partial charge >= 0.3 is 0 Å². The first-order valence-corrected chi connectivity index (χ1v) is 13.3. The first-order chi connectivity index (χ1) is 18.6. The molecule has 0 saturated carbocycles. The van der Waals surface area contributed by atoms with Gasteiger partial charge in [0.25, 0.3) is 5.91 Å². The number of ether oxygens (including phenoxy) is 4. The van der Waals surface area contributed by atoms with Gasteiger partial charge in [-0.05, 0) is 61.3 Å². The van der Waals surface area contributed by atoms with E-state index < -0.39 is 0 Å². The van der Waals surface area contributed by atoms with Crippen molar-refractivity contribution in [1.29, 1.82) is 0 Å². The van der Waals surface area contributed by atoms with Crippen LogP contribution in [0.2, 0.25) is 5.02 Å². The molecule has 3 aromatic carbocycles. The zero-order valence-electron chi connectivity index (χ0n) is 21.9. The van der Waals surface area contributed by atoms with Gasteiger partial charge < -0.3 is 28.7 Å². The fraction of sp³-hybridized carbons (Fsp3) is 0.367. The number of methoxy groups -OCH3 is 2. The number of fused-ring (bicyclic) bond motifs is 1. The Labute approximate surface area is 228 Å². The maximum absolute atomic E-state index is 13.4. The lowest BCUT2D eigenvalue weighted by Crippen LogP contribution is -2.34. The highest BCUT2D eigenvalue weighted by Gasteiger charge is 2.35. The largest absolute Gasteiger partial charge is 0.497 e. The molecule has 0 bridgehead atoms. The molecule has 0 aliphatic carbocycles. The molecule has 0 unspecified atom stereocenters. The lowest BCUT2D eigenvalue weighted by molar-refractivity contribution is 0.0763. The fourth-order valence-corrected chi connectivity index (χ4v) is 5.23. The van der Waals surface area contributed by atoms with Crippen LogP contribution in [0.1, 0.15) is 39.9 Å². The SMILES string of the molecule is COc1ccc(COc2cc(Cl)c3c(c2OCc2ccc(OC)cc2)CN(CCN2CCCC2)C3=O)cc1. The molecule has 1 saturated heterocycles. The zero-order chi connectivity index (χ0) is 26.5. The quantitative estimate of drug-likeness (QED) is 0.319. The van der Waals surface area contributed by atoms with Crippen molar-refractivity contribution in [3.05, 3.63) is 81.9 Å². The maximum atomic E-state index is 13.4. The van der Waals surface area contributed by atoms with E-state index in [9.17, 15) is 4.79 Å². The van der Waals surface area contributed by atoms with Crippen LogP contribution in [0.5, 0.6) is 23.0 Å². The van der Waals surface area contributed by atoms with Gasteiger partial charge in [-0.2, -0.15) is 0 Å². The number of hydrogen-bond donors (Lipinski definition) is 0. The van der Waals surface area contributed by atoms with Gasteiger partial charge in [-0.3, -0.25) is 4.79 Å². The Morgan fingerprint density at radius 1 is 0.816 bits per heavy atom. The lowest BCUT2D eigenvalue weighted by Gasteiger charge is -2.21. The van der Waals surface area contributed by atoms with Crippen molar-refractivity contribution in [1.82, 2.24) is 9.80 Å². The summed E-state index contributed by atoms with van der Waals surface area (Å²) in [6.45, 7) is 4.79. The summed E-state index contributed by atoms with van der Waals surface area (Å²) >= 11 is 6.68. The minimum atomic E-state index is -0.0554. The van der Waals surface area contributed by atoms with Crippen LogP contribution in [0.4, 0.5) is 0 Å². The summed E-state index contributed by atoms with van der Waals surface area (Å²) in [5.74, 6) is 2.59. The molecule has 0 aromatic heterocycles. The summed E-state index contributed by atoms with van der Waals surface area (Å²) in [5.41, 5.74) is 3.24. The third-order valence-corrected chi connectivity index (χ3v) is 7.42. The van der Waals surface area contributed by atoms with Crippen molar-refractivity contribution in [2.24, 2.45) is 0 Å². The monoisotopic (exact) mass is 536 g/mol. The van der Waals surface area contributed by atoms with Gasteiger partial charge in [-0.15, -0.1) is 0 Å². The van der Waals surface area contributed by atoms with Gasteiger partial charge in [0.05, 0.1) is 31.4 Å². The highest BCUT2D eigenvalue weighted by atomic mass is 35.5. The summed E-state index contributed by atoms with van der Waals surface area (Å²) in [6.07, 6.45) is 2.44.